The van der Waals surface area contributed by atoms with Gasteiger partial charge in [-0.05, 0) is 0 Å². The number of carboxylic acid groups (broad SMARTS) is 3. The molecule has 1 unspecified atom stereocenters. The second-order valence-electron chi connectivity index (χ2n) is 2.71. The van der Waals surface area contributed by atoms with Gasteiger partial charge < -0.3 is 30.6 Å². The van der Waals surface area contributed by atoms with Crippen molar-refractivity contribution in [2.24, 2.45) is 0 Å². The highest BCUT2D eigenvalue weighted by atomic mass is 16.6. The third kappa shape index (κ3) is 2.21. The van der Waals surface area contributed by atoms with Gasteiger partial charge in [-0.1, -0.05) is 0 Å². The van der Waals surface area contributed by atoms with Crippen LogP contribution in [0.3, 0.4) is 0 Å². The minimum Gasteiger partial charge on any atom is -0.481 e. The summed E-state index contributed by atoms with van der Waals surface area (Å²) in [6, 6.07) is 0. The summed E-state index contributed by atoms with van der Waals surface area (Å²) in [5.41, 5.74) is -3.73. The van der Waals surface area contributed by atoms with Gasteiger partial charge in [0.05, 0.1) is 6.42 Å². The molecule has 15 heavy (non-hydrogen) atoms. The summed E-state index contributed by atoms with van der Waals surface area (Å²) in [6.45, 7) is 0. The predicted molar refractivity (Wildman–Crippen MR) is 39.6 cm³/mol. The normalized spacial score (nSPS) is 15.4. The third-order valence-corrected chi connectivity index (χ3v) is 1.64. The van der Waals surface area contributed by atoms with Gasteiger partial charge in [0.1, 0.15) is 0 Å². The second kappa shape index (κ2) is 3.81. The number of aliphatic carboxylic acids is 3. The van der Waals surface area contributed by atoms with Gasteiger partial charge >= 0.3 is 23.7 Å². The van der Waals surface area contributed by atoms with Crippen LogP contribution in [0.2, 0.25) is 0 Å². The maximum Gasteiger partial charge on any atom is 0.367 e. The number of hydrogen-bond donors (Lipinski definition) is 6. The van der Waals surface area contributed by atoms with Gasteiger partial charge in [0, 0.05) is 0 Å². The molecule has 0 aromatic rings. The van der Waals surface area contributed by atoms with Gasteiger partial charge in [-0.25, -0.2) is 9.59 Å². The maximum absolute atomic E-state index is 10.4. The molecule has 0 aromatic carbocycles. The van der Waals surface area contributed by atoms with Gasteiger partial charge in [-0.3, -0.25) is 4.79 Å². The van der Waals surface area contributed by atoms with Crippen LogP contribution in [0.5, 0.6) is 0 Å². The van der Waals surface area contributed by atoms with E-state index in [9.17, 15) is 14.4 Å². The number of carboxylic acids is 3. The molecule has 0 spiro atoms. The van der Waals surface area contributed by atoms with E-state index in [0.29, 0.717) is 0 Å². The van der Waals surface area contributed by atoms with Crippen LogP contribution in [0, 0.1) is 0 Å². The first-order chi connectivity index (χ1) is 6.55. The fraction of sp³-hybridized carbons (Fsp3) is 0.500. The first kappa shape index (κ1) is 13.3. The van der Waals surface area contributed by atoms with Crippen LogP contribution in [0.15, 0.2) is 0 Å². The average molecular weight is 224 g/mol. The molecule has 0 aromatic heterocycles. The smallest absolute Gasteiger partial charge is 0.367 e. The molecule has 0 bridgehead atoms. The van der Waals surface area contributed by atoms with Crippen molar-refractivity contribution >= 4 is 17.9 Å². The van der Waals surface area contributed by atoms with Gasteiger partial charge in [-0.2, -0.15) is 0 Å². The Morgan fingerprint density at radius 1 is 0.867 bits per heavy atom. The molecule has 0 radical (unpaired) electrons. The van der Waals surface area contributed by atoms with E-state index < -0.39 is 35.7 Å². The van der Waals surface area contributed by atoms with E-state index in [2.05, 4.69) is 0 Å². The van der Waals surface area contributed by atoms with E-state index in [1.54, 1.807) is 0 Å². The fourth-order valence-corrected chi connectivity index (χ4v) is 0.744. The molecule has 0 saturated carbocycles. The SMILES string of the molecule is O=C(O)CC(O)(C(=O)O)C(O)(O)C(=O)O. The zero-order valence-corrected chi connectivity index (χ0v) is 7.12. The zero-order valence-electron chi connectivity index (χ0n) is 7.12. The largest absolute Gasteiger partial charge is 0.481 e. The number of aliphatic hydroxyl groups is 3. The standard InChI is InChI=1S/C6H8O9/c7-2(8)1-5(13,3(9)10)6(14,15)4(11)12/h13-15H,1H2,(H,7,8)(H,9,10)(H,11,12). The molecule has 9 nitrogen and oxygen atoms in total. The zero-order chi connectivity index (χ0) is 12.4. The predicted octanol–water partition coefficient (Wildman–Crippen LogP) is -2.96. The molecule has 6 N–H and O–H groups in total. The number of rotatable bonds is 5. The highest BCUT2D eigenvalue weighted by molar-refractivity contribution is 5.92. The lowest BCUT2D eigenvalue weighted by molar-refractivity contribution is -0.272. The molecule has 0 aliphatic heterocycles. The van der Waals surface area contributed by atoms with Crippen LogP contribution >= 0.6 is 0 Å². The third-order valence-electron chi connectivity index (χ3n) is 1.64. The first-order valence-electron chi connectivity index (χ1n) is 3.41. The summed E-state index contributed by atoms with van der Waals surface area (Å²) >= 11 is 0. The summed E-state index contributed by atoms with van der Waals surface area (Å²) in [7, 11) is 0. The quantitative estimate of drug-likeness (QED) is 0.266. The summed E-state index contributed by atoms with van der Waals surface area (Å²) in [5.74, 6) is -10.9. The number of hydrogen-bond acceptors (Lipinski definition) is 6. The van der Waals surface area contributed by atoms with E-state index in [4.69, 9.17) is 30.6 Å². The lowest BCUT2D eigenvalue weighted by Gasteiger charge is -2.30. The van der Waals surface area contributed by atoms with Crippen molar-refractivity contribution in [3.05, 3.63) is 0 Å². The van der Waals surface area contributed by atoms with Gasteiger partial charge in [-0.15, -0.1) is 0 Å². The molecule has 0 aliphatic carbocycles. The Kier molecular flexibility index (Phi) is 3.37. The summed E-state index contributed by atoms with van der Waals surface area (Å²) in [6.07, 6.45) is -1.68. The minimum atomic E-state index is -4.10. The Bertz CT molecular complexity index is 306. The molecular weight excluding hydrogens is 216 g/mol. The van der Waals surface area contributed by atoms with Crippen LogP contribution < -0.4 is 0 Å². The van der Waals surface area contributed by atoms with E-state index in [1.807, 2.05) is 0 Å². The fourth-order valence-electron chi connectivity index (χ4n) is 0.744. The highest BCUT2D eigenvalue weighted by Gasteiger charge is 2.61. The van der Waals surface area contributed by atoms with Crippen molar-refractivity contribution in [1.29, 1.82) is 0 Å². The maximum atomic E-state index is 10.4. The molecule has 0 rings (SSSR count). The molecule has 0 amide bonds. The van der Waals surface area contributed by atoms with E-state index in [0.717, 1.165) is 0 Å². The molecular formula is C6H8O9. The van der Waals surface area contributed by atoms with E-state index >= 15 is 0 Å². The Balaban J connectivity index is 5.38. The molecule has 0 saturated heterocycles. The number of carbonyl (C=O) groups is 3. The topological polar surface area (TPSA) is 173 Å². The van der Waals surface area contributed by atoms with Crippen molar-refractivity contribution in [3.63, 3.8) is 0 Å². The van der Waals surface area contributed by atoms with Crippen LogP contribution in [0.1, 0.15) is 6.42 Å². The first-order valence-corrected chi connectivity index (χ1v) is 3.41. The Morgan fingerprint density at radius 3 is 1.47 bits per heavy atom. The molecule has 9 heteroatoms. The summed E-state index contributed by atoms with van der Waals surface area (Å²) in [5, 5.41) is 51.5. The van der Waals surface area contributed by atoms with Crippen molar-refractivity contribution < 1.29 is 45.0 Å². The molecule has 0 aliphatic rings. The summed E-state index contributed by atoms with van der Waals surface area (Å²) in [4.78, 5) is 30.8. The minimum absolute atomic E-state index is 1.68. The molecule has 0 fully saturated rings. The van der Waals surface area contributed by atoms with Crippen molar-refractivity contribution in [3.8, 4) is 0 Å². The molecule has 1 atom stereocenters. The molecule has 86 valence electrons. The van der Waals surface area contributed by atoms with Crippen LogP contribution in [-0.2, 0) is 14.4 Å². The van der Waals surface area contributed by atoms with Gasteiger partial charge in [0.15, 0.2) is 0 Å². The Labute approximate surface area is 81.8 Å². The molecule has 0 heterocycles. The monoisotopic (exact) mass is 224 g/mol. The van der Waals surface area contributed by atoms with Crippen molar-refractivity contribution in [2.45, 2.75) is 17.8 Å². The van der Waals surface area contributed by atoms with Crippen molar-refractivity contribution in [2.75, 3.05) is 0 Å². The van der Waals surface area contributed by atoms with Gasteiger partial charge in [0.2, 0.25) is 5.60 Å². The van der Waals surface area contributed by atoms with Gasteiger partial charge in [0.25, 0.3) is 0 Å². The Morgan fingerprint density at radius 2 is 1.27 bits per heavy atom. The van der Waals surface area contributed by atoms with E-state index in [1.165, 1.54) is 0 Å². The average Bonchev–Trinajstić information content (AvgIpc) is 2.01. The van der Waals surface area contributed by atoms with Crippen molar-refractivity contribution in [1.82, 2.24) is 0 Å². The lowest BCUT2D eigenvalue weighted by Crippen LogP contribution is -2.64. The van der Waals surface area contributed by atoms with Crippen LogP contribution in [0.4, 0.5) is 0 Å². The van der Waals surface area contributed by atoms with E-state index in [-0.39, 0.29) is 0 Å². The van der Waals surface area contributed by atoms with Crippen LogP contribution in [0.25, 0.3) is 0 Å². The summed E-state index contributed by atoms with van der Waals surface area (Å²) < 4.78 is 0. The lowest BCUT2D eigenvalue weighted by atomic mass is 9.89. The second-order valence-corrected chi connectivity index (χ2v) is 2.71. The van der Waals surface area contributed by atoms with Crippen LogP contribution in [-0.4, -0.2) is 59.9 Å². The highest BCUT2D eigenvalue weighted by Crippen LogP contribution is 2.24. The Hall–Kier alpha value is -1.71.